The second-order valence-electron chi connectivity index (χ2n) is 8.92. The second-order valence-corrected chi connectivity index (χ2v) is 12.1. The molecule has 2 aromatic heterocycles. The zero-order valence-electron chi connectivity index (χ0n) is 21.7. The number of hydrogen-bond acceptors (Lipinski definition) is 9. The van der Waals surface area contributed by atoms with E-state index in [1.807, 2.05) is 34.2 Å². The predicted molar refractivity (Wildman–Crippen MR) is 154 cm³/mol. The molecule has 11 heteroatoms. The number of hydrogen-bond donors (Lipinski definition) is 2. The molecule has 2 N–H and O–H groups in total. The largest absolute Gasteiger partial charge is 0.496 e. The summed E-state index contributed by atoms with van der Waals surface area (Å²) in [6.07, 6.45) is 4.09. The van der Waals surface area contributed by atoms with Crippen molar-refractivity contribution < 1.29 is 19.4 Å². The first-order valence-corrected chi connectivity index (χ1v) is 14.9. The van der Waals surface area contributed by atoms with Gasteiger partial charge in [0, 0.05) is 36.0 Å². The van der Waals surface area contributed by atoms with E-state index in [0.29, 0.717) is 41.6 Å². The lowest BCUT2D eigenvalue weighted by molar-refractivity contribution is 0.00891. The van der Waals surface area contributed by atoms with Gasteiger partial charge in [0.05, 0.1) is 28.6 Å². The van der Waals surface area contributed by atoms with Crippen LogP contribution >= 0.6 is 34.4 Å². The Morgan fingerprint density at radius 1 is 1.39 bits per heavy atom. The molecular weight excluding hydrogens is 541 g/mol. The molecule has 38 heavy (non-hydrogen) atoms. The Balaban J connectivity index is 1.53. The zero-order chi connectivity index (χ0) is 27.2. The van der Waals surface area contributed by atoms with Crippen molar-refractivity contribution in [2.75, 3.05) is 32.1 Å². The Morgan fingerprint density at radius 3 is 2.89 bits per heavy atom. The molecule has 1 fully saturated rings. The van der Waals surface area contributed by atoms with Crippen molar-refractivity contribution in [1.82, 2.24) is 14.8 Å². The molecule has 1 saturated heterocycles. The van der Waals surface area contributed by atoms with E-state index in [0.717, 1.165) is 27.5 Å². The van der Waals surface area contributed by atoms with Gasteiger partial charge in [-0.15, -0.1) is 0 Å². The number of methoxy groups -OCH3 is 1. The minimum absolute atomic E-state index is 0.0274. The molecule has 2 amide bonds. The maximum atomic E-state index is 13.8. The third kappa shape index (κ3) is 6.47. The van der Waals surface area contributed by atoms with Crippen LogP contribution in [0, 0.1) is 6.92 Å². The van der Waals surface area contributed by atoms with E-state index in [4.69, 9.17) is 4.74 Å². The average molecular weight is 573 g/mol. The summed E-state index contributed by atoms with van der Waals surface area (Å²) in [4.78, 5) is 35.3. The molecule has 2 atom stereocenters. The lowest BCUT2D eigenvalue weighted by Gasteiger charge is -2.33. The average Bonchev–Trinajstić information content (AvgIpc) is 3.57. The molecule has 8 nitrogen and oxygen atoms in total. The number of benzene rings is 1. The normalized spacial score (nSPS) is 17.1. The van der Waals surface area contributed by atoms with Crippen LogP contribution < -0.4 is 10.1 Å². The number of ether oxygens (including phenoxy) is 1. The van der Waals surface area contributed by atoms with Gasteiger partial charge in [-0.3, -0.25) is 19.8 Å². The lowest BCUT2D eigenvalue weighted by atomic mass is 10.1. The number of carbonyl (C=O) groups is 2. The van der Waals surface area contributed by atoms with Gasteiger partial charge in [-0.25, -0.2) is 4.98 Å². The standard InChI is InChI=1S/C27H32N4O4S3/c1-5-19-15-30(9-7-10-31(19)23(32)6-2)26(34)20-13-22(17(3)12-21(20)35-4)37-24-14-28-27(38-24)29-25(33)18-8-11-36-16-18/h6,8,11-14,16,19,23,32H,2,5,7,9-10,15H2,1,3-4H3,(H,28,29,33)/t19-,23?/m1/s1. The highest BCUT2D eigenvalue weighted by Crippen LogP contribution is 2.38. The number of rotatable bonds is 9. The molecule has 1 aliphatic heterocycles. The second kappa shape index (κ2) is 12.9. The van der Waals surface area contributed by atoms with E-state index < -0.39 is 6.23 Å². The number of aromatic nitrogens is 1. The maximum Gasteiger partial charge on any atom is 0.258 e. The van der Waals surface area contributed by atoms with Crippen LogP contribution in [-0.4, -0.2) is 70.7 Å². The van der Waals surface area contributed by atoms with Crippen molar-refractivity contribution in [1.29, 1.82) is 0 Å². The number of aryl methyl sites for hydroxylation is 1. The van der Waals surface area contributed by atoms with Gasteiger partial charge in [0.2, 0.25) is 0 Å². The highest BCUT2D eigenvalue weighted by atomic mass is 32.2. The van der Waals surface area contributed by atoms with E-state index in [-0.39, 0.29) is 17.9 Å². The maximum absolute atomic E-state index is 13.8. The molecular formula is C27H32N4O4S3. The van der Waals surface area contributed by atoms with Gasteiger partial charge in [0.1, 0.15) is 12.0 Å². The number of nitrogens with one attached hydrogen (secondary N) is 1. The number of anilines is 1. The molecule has 202 valence electrons. The van der Waals surface area contributed by atoms with Crippen LogP contribution in [0.15, 0.2) is 56.9 Å². The van der Waals surface area contributed by atoms with Crippen LogP contribution in [0.5, 0.6) is 5.75 Å². The van der Waals surface area contributed by atoms with Gasteiger partial charge in [-0.1, -0.05) is 36.6 Å². The van der Waals surface area contributed by atoms with Gasteiger partial charge in [-0.2, -0.15) is 11.3 Å². The Hall–Kier alpha value is -2.70. The van der Waals surface area contributed by atoms with Gasteiger partial charge < -0.3 is 14.7 Å². The summed E-state index contributed by atoms with van der Waals surface area (Å²) in [5.41, 5.74) is 2.08. The first-order chi connectivity index (χ1) is 18.3. The van der Waals surface area contributed by atoms with Crippen molar-refractivity contribution in [2.45, 2.75) is 48.1 Å². The number of thiazole rings is 1. The topological polar surface area (TPSA) is 95.0 Å². The van der Waals surface area contributed by atoms with Crippen LogP contribution in [0.4, 0.5) is 5.13 Å². The SMILES string of the molecule is C=CC(O)N1CCCN(C(=O)c2cc(Sc3cnc(NC(=O)c4ccsc4)s3)c(C)cc2OC)C[C@H]1CC. The van der Waals surface area contributed by atoms with Gasteiger partial charge in [0.25, 0.3) is 11.8 Å². The lowest BCUT2D eigenvalue weighted by Crippen LogP contribution is -2.46. The third-order valence-corrected chi connectivity index (χ3v) is 9.34. The molecule has 3 aromatic rings. The van der Waals surface area contributed by atoms with Crippen molar-refractivity contribution >= 4 is 51.4 Å². The Morgan fingerprint density at radius 2 is 2.21 bits per heavy atom. The van der Waals surface area contributed by atoms with Crippen molar-refractivity contribution in [3.05, 3.63) is 64.5 Å². The molecule has 4 rings (SSSR count). The molecule has 0 radical (unpaired) electrons. The summed E-state index contributed by atoms with van der Waals surface area (Å²) in [5.74, 6) is 0.253. The molecule has 1 aromatic carbocycles. The van der Waals surface area contributed by atoms with Gasteiger partial charge in [-0.05, 0) is 55.0 Å². The fraction of sp³-hybridized carbons (Fsp3) is 0.370. The van der Waals surface area contributed by atoms with E-state index in [1.165, 1.54) is 40.5 Å². The van der Waals surface area contributed by atoms with Crippen molar-refractivity contribution in [2.24, 2.45) is 0 Å². The van der Waals surface area contributed by atoms with E-state index in [2.05, 4.69) is 23.8 Å². The third-order valence-electron chi connectivity index (χ3n) is 6.48. The van der Waals surface area contributed by atoms with Crippen molar-refractivity contribution in [3.63, 3.8) is 0 Å². The summed E-state index contributed by atoms with van der Waals surface area (Å²) < 4.78 is 6.51. The fourth-order valence-electron chi connectivity index (χ4n) is 4.42. The highest BCUT2D eigenvalue weighted by Gasteiger charge is 2.31. The van der Waals surface area contributed by atoms with Crippen LogP contribution in [0.3, 0.4) is 0 Å². The molecule has 1 unspecified atom stereocenters. The van der Waals surface area contributed by atoms with Crippen molar-refractivity contribution in [3.8, 4) is 5.75 Å². The van der Waals surface area contributed by atoms with E-state index in [1.54, 1.807) is 24.8 Å². The first kappa shape index (κ1) is 28.3. The molecule has 0 bridgehead atoms. The minimum Gasteiger partial charge on any atom is -0.496 e. The van der Waals surface area contributed by atoms with E-state index in [9.17, 15) is 14.7 Å². The van der Waals surface area contributed by atoms with E-state index >= 15 is 0 Å². The Kier molecular flexibility index (Phi) is 9.61. The number of nitrogens with zero attached hydrogens (tertiary/aromatic N) is 3. The van der Waals surface area contributed by atoms with Gasteiger partial charge in [0.15, 0.2) is 5.13 Å². The number of carbonyl (C=O) groups excluding carboxylic acids is 2. The summed E-state index contributed by atoms with van der Waals surface area (Å²) in [6.45, 7) is 9.57. The monoisotopic (exact) mass is 572 g/mol. The zero-order valence-corrected chi connectivity index (χ0v) is 24.1. The highest BCUT2D eigenvalue weighted by molar-refractivity contribution is 8.01. The molecule has 0 aliphatic carbocycles. The molecule has 0 spiro atoms. The Bertz CT molecular complexity index is 1280. The number of aliphatic hydroxyl groups excluding tert-OH is 1. The smallest absolute Gasteiger partial charge is 0.258 e. The van der Waals surface area contributed by atoms with Gasteiger partial charge >= 0.3 is 0 Å². The summed E-state index contributed by atoms with van der Waals surface area (Å²) in [7, 11) is 1.57. The predicted octanol–water partition coefficient (Wildman–Crippen LogP) is 5.36. The minimum atomic E-state index is -0.730. The first-order valence-electron chi connectivity index (χ1n) is 12.4. The number of amides is 2. The molecule has 0 saturated carbocycles. The van der Waals surface area contributed by atoms with Crippen LogP contribution in [0.2, 0.25) is 0 Å². The quantitative estimate of drug-likeness (QED) is 0.334. The Labute approximate surface area is 235 Å². The number of aliphatic hydroxyl groups is 1. The fourth-order valence-corrected chi connectivity index (χ4v) is 7.00. The van der Waals surface area contributed by atoms with Crippen LogP contribution in [0.25, 0.3) is 0 Å². The molecule has 1 aliphatic rings. The molecule has 3 heterocycles. The summed E-state index contributed by atoms with van der Waals surface area (Å²) in [6, 6.07) is 5.57. The summed E-state index contributed by atoms with van der Waals surface area (Å²) >= 11 is 4.35. The number of thiophene rings is 1. The van der Waals surface area contributed by atoms with Crippen LogP contribution in [0.1, 0.15) is 46.0 Å². The van der Waals surface area contributed by atoms with Crippen LogP contribution in [-0.2, 0) is 0 Å². The summed E-state index contributed by atoms with van der Waals surface area (Å²) in [5, 5.41) is 17.4.